The Kier molecular flexibility index (Phi) is 6.21. The molecule has 4 amide bonds. The van der Waals surface area contributed by atoms with Gasteiger partial charge in [0.1, 0.15) is 11.4 Å². The fourth-order valence-corrected chi connectivity index (χ4v) is 3.85. The number of benzene rings is 3. The van der Waals surface area contributed by atoms with Crippen LogP contribution in [0.15, 0.2) is 76.8 Å². The Morgan fingerprint density at radius 1 is 0.969 bits per heavy atom. The van der Waals surface area contributed by atoms with E-state index in [0.717, 1.165) is 9.37 Å². The molecule has 1 N–H and O–H groups in total. The quantitative estimate of drug-likeness (QED) is 0.370. The van der Waals surface area contributed by atoms with Crippen molar-refractivity contribution in [1.29, 1.82) is 0 Å². The predicted molar refractivity (Wildman–Crippen MR) is 124 cm³/mol. The van der Waals surface area contributed by atoms with E-state index in [1.54, 1.807) is 36.4 Å². The van der Waals surface area contributed by atoms with Gasteiger partial charge in [-0.05, 0) is 65.2 Å². The number of nitrogens with zero attached hydrogens (tertiary/aromatic N) is 1. The molecule has 0 atom stereocenters. The molecular formula is C24H15BrClFN2O3. The standard InChI is InChI=1S/C24H15BrClFN2O3/c25-17-6-5-14(11-15-3-1-2-4-21(15)27)16(12-17)13-20-22(30)28-24(32)29(23(20)31)19-9-7-18(26)8-10-19/h1-10,12-13H,11H2,(H,28,30,32)/b20-13+. The number of halogens is 3. The molecule has 1 aliphatic heterocycles. The van der Waals surface area contributed by atoms with Crippen LogP contribution in [0.4, 0.5) is 14.9 Å². The molecule has 0 spiro atoms. The van der Waals surface area contributed by atoms with Crippen molar-refractivity contribution in [3.63, 3.8) is 0 Å². The minimum Gasteiger partial charge on any atom is -0.273 e. The van der Waals surface area contributed by atoms with Gasteiger partial charge in [0, 0.05) is 15.9 Å². The second kappa shape index (κ2) is 9.06. The van der Waals surface area contributed by atoms with Gasteiger partial charge in [-0.15, -0.1) is 0 Å². The van der Waals surface area contributed by atoms with Gasteiger partial charge in [0.15, 0.2) is 0 Å². The summed E-state index contributed by atoms with van der Waals surface area (Å²) in [6.07, 6.45) is 1.67. The van der Waals surface area contributed by atoms with Gasteiger partial charge in [-0.25, -0.2) is 14.1 Å². The molecule has 8 heteroatoms. The highest BCUT2D eigenvalue weighted by Gasteiger charge is 2.36. The van der Waals surface area contributed by atoms with E-state index in [1.807, 2.05) is 0 Å². The van der Waals surface area contributed by atoms with Crippen LogP contribution in [-0.2, 0) is 16.0 Å². The third kappa shape index (κ3) is 4.49. The SMILES string of the molecule is O=C1NC(=O)N(c2ccc(Cl)cc2)C(=O)/C1=C/c1cc(Br)ccc1Cc1ccccc1F. The predicted octanol–water partition coefficient (Wildman–Crippen LogP) is 5.50. The van der Waals surface area contributed by atoms with Crippen LogP contribution in [0, 0.1) is 5.82 Å². The van der Waals surface area contributed by atoms with Gasteiger partial charge in [0.25, 0.3) is 11.8 Å². The number of carbonyl (C=O) groups excluding carboxylic acids is 3. The Labute approximate surface area is 196 Å². The number of carbonyl (C=O) groups is 3. The van der Waals surface area contributed by atoms with Gasteiger partial charge in [-0.1, -0.05) is 51.8 Å². The minimum absolute atomic E-state index is 0.215. The van der Waals surface area contributed by atoms with E-state index in [-0.39, 0.29) is 23.5 Å². The zero-order valence-electron chi connectivity index (χ0n) is 16.4. The van der Waals surface area contributed by atoms with Crippen molar-refractivity contribution in [2.24, 2.45) is 0 Å². The number of rotatable bonds is 4. The van der Waals surface area contributed by atoms with E-state index < -0.39 is 17.8 Å². The first-order valence-electron chi connectivity index (χ1n) is 9.52. The monoisotopic (exact) mass is 512 g/mol. The van der Waals surface area contributed by atoms with Crippen molar-refractivity contribution in [3.8, 4) is 0 Å². The molecule has 1 saturated heterocycles. The van der Waals surface area contributed by atoms with E-state index in [2.05, 4.69) is 21.2 Å². The molecule has 32 heavy (non-hydrogen) atoms. The Balaban J connectivity index is 1.75. The maximum Gasteiger partial charge on any atom is 0.335 e. The normalized spacial score (nSPS) is 15.3. The van der Waals surface area contributed by atoms with Crippen LogP contribution < -0.4 is 10.2 Å². The summed E-state index contributed by atoms with van der Waals surface area (Å²) in [6, 6.07) is 17.0. The van der Waals surface area contributed by atoms with Crippen LogP contribution in [0.1, 0.15) is 16.7 Å². The zero-order valence-corrected chi connectivity index (χ0v) is 18.8. The number of barbiturate groups is 1. The number of hydrogen-bond acceptors (Lipinski definition) is 3. The highest BCUT2D eigenvalue weighted by Crippen LogP contribution is 2.27. The summed E-state index contributed by atoms with van der Waals surface area (Å²) >= 11 is 9.28. The summed E-state index contributed by atoms with van der Waals surface area (Å²) in [5.74, 6) is -1.92. The van der Waals surface area contributed by atoms with Crippen molar-refractivity contribution >= 4 is 57.1 Å². The molecule has 160 valence electrons. The number of urea groups is 1. The first kappa shape index (κ1) is 21.9. The maximum atomic E-state index is 14.2. The van der Waals surface area contributed by atoms with E-state index in [9.17, 15) is 18.8 Å². The molecule has 0 bridgehead atoms. The fourth-order valence-electron chi connectivity index (χ4n) is 3.35. The lowest BCUT2D eigenvalue weighted by Gasteiger charge is -2.26. The lowest BCUT2D eigenvalue weighted by Crippen LogP contribution is -2.54. The van der Waals surface area contributed by atoms with Crippen LogP contribution in [0.2, 0.25) is 5.02 Å². The average molecular weight is 514 g/mol. The van der Waals surface area contributed by atoms with Gasteiger partial charge < -0.3 is 0 Å². The lowest BCUT2D eigenvalue weighted by atomic mass is 9.97. The van der Waals surface area contributed by atoms with E-state index >= 15 is 0 Å². The largest absolute Gasteiger partial charge is 0.335 e. The minimum atomic E-state index is -0.847. The third-order valence-electron chi connectivity index (χ3n) is 4.93. The maximum absolute atomic E-state index is 14.2. The van der Waals surface area contributed by atoms with Crippen LogP contribution in [0.3, 0.4) is 0 Å². The zero-order chi connectivity index (χ0) is 22.8. The van der Waals surface area contributed by atoms with Crippen LogP contribution in [-0.4, -0.2) is 17.8 Å². The van der Waals surface area contributed by atoms with Crippen molar-refractivity contribution in [2.75, 3.05) is 4.90 Å². The van der Waals surface area contributed by atoms with Gasteiger partial charge in [0.05, 0.1) is 5.69 Å². The van der Waals surface area contributed by atoms with E-state index in [1.165, 1.54) is 36.4 Å². The van der Waals surface area contributed by atoms with Crippen LogP contribution in [0.5, 0.6) is 0 Å². The number of imide groups is 2. The van der Waals surface area contributed by atoms with Gasteiger partial charge in [0.2, 0.25) is 0 Å². The van der Waals surface area contributed by atoms with Crippen molar-refractivity contribution < 1.29 is 18.8 Å². The molecule has 0 saturated carbocycles. The number of nitrogens with one attached hydrogen (secondary N) is 1. The summed E-state index contributed by atoms with van der Waals surface area (Å²) in [6.45, 7) is 0. The molecule has 0 aliphatic carbocycles. The summed E-state index contributed by atoms with van der Waals surface area (Å²) < 4.78 is 14.9. The fraction of sp³-hybridized carbons (Fsp3) is 0.0417. The summed E-state index contributed by atoms with van der Waals surface area (Å²) in [4.78, 5) is 38.9. The van der Waals surface area contributed by atoms with Gasteiger partial charge in [-0.2, -0.15) is 0 Å². The highest BCUT2D eigenvalue weighted by molar-refractivity contribution is 9.10. The molecule has 0 unspecified atom stereocenters. The Morgan fingerprint density at radius 2 is 1.69 bits per heavy atom. The first-order valence-corrected chi connectivity index (χ1v) is 10.7. The van der Waals surface area contributed by atoms with Crippen molar-refractivity contribution in [2.45, 2.75) is 6.42 Å². The van der Waals surface area contributed by atoms with Crippen molar-refractivity contribution in [1.82, 2.24) is 5.32 Å². The van der Waals surface area contributed by atoms with Crippen molar-refractivity contribution in [3.05, 3.63) is 104 Å². The molecule has 0 aromatic heterocycles. The number of anilines is 1. The molecule has 1 fully saturated rings. The van der Waals surface area contributed by atoms with Gasteiger partial charge in [-0.3, -0.25) is 14.9 Å². The lowest BCUT2D eigenvalue weighted by molar-refractivity contribution is -0.122. The molecule has 1 aliphatic rings. The van der Waals surface area contributed by atoms with Gasteiger partial charge >= 0.3 is 6.03 Å². The molecular weight excluding hydrogens is 499 g/mol. The molecule has 5 nitrogen and oxygen atoms in total. The number of hydrogen-bond donors (Lipinski definition) is 1. The molecule has 3 aromatic carbocycles. The third-order valence-corrected chi connectivity index (χ3v) is 5.68. The highest BCUT2D eigenvalue weighted by atomic mass is 79.9. The smallest absolute Gasteiger partial charge is 0.273 e. The summed E-state index contributed by atoms with van der Waals surface area (Å²) in [5.41, 5.74) is 1.79. The van der Waals surface area contributed by atoms with Crippen LogP contribution in [0.25, 0.3) is 6.08 Å². The van der Waals surface area contributed by atoms with Crippen LogP contribution >= 0.6 is 27.5 Å². The second-order valence-electron chi connectivity index (χ2n) is 7.05. The summed E-state index contributed by atoms with van der Waals surface area (Å²) in [7, 11) is 0. The first-order chi connectivity index (χ1) is 15.3. The molecule has 3 aromatic rings. The topological polar surface area (TPSA) is 66.5 Å². The Bertz CT molecular complexity index is 1270. The molecule has 1 heterocycles. The molecule has 0 radical (unpaired) electrons. The molecule has 4 rings (SSSR count). The van der Waals surface area contributed by atoms with E-state index in [0.29, 0.717) is 21.7 Å². The van der Waals surface area contributed by atoms with E-state index in [4.69, 9.17) is 11.6 Å². The average Bonchev–Trinajstić information content (AvgIpc) is 2.75. The Morgan fingerprint density at radius 3 is 2.41 bits per heavy atom. The second-order valence-corrected chi connectivity index (χ2v) is 8.40. The number of amides is 4. The Hall–Kier alpha value is -3.29. The summed E-state index contributed by atoms with van der Waals surface area (Å²) in [5, 5.41) is 2.63.